The molecule has 1 N–H and O–H groups in total. The largest absolute Gasteiger partial charge is 0.492 e. The number of benzene rings is 1. The predicted molar refractivity (Wildman–Crippen MR) is 105 cm³/mol. The van der Waals surface area contributed by atoms with Crippen LogP contribution in [0, 0.1) is 6.92 Å². The van der Waals surface area contributed by atoms with Crippen molar-refractivity contribution < 1.29 is 9.84 Å². The summed E-state index contributed by atoms with van der Waals surface area (Å²) in [6.45, 7) is 7.62. The molecule has 4 rings (SSSR count). The summed E-state index contributed by atoms with van der Waals surface area (Å²) in [7, 11) is 0. The van der Waals surface area contributed by atoms with Crippen LogP contribution < -0.4 is 0 Å². The molecule has 0 radical (unpaired) electrons. The number of nitrogens with zero attached hydrogens (tertiary/aromatic N) is 4. The van der Waals surface area contributed by atoms with Gasteiger partial charge in [0, 0.05) is 17.6 Å². The van der Waals surface area contributed by atoms with E-state index in [4.69, 9.17) is 4.74 Å². The Morgan fingerprint density at radius 2 is 1.88 bits per heavy atom. The van der Waals surface area contributed by atoms with Crippen LogP contribution in [0.25, 0.3) is 4.96 Å². The van der Waals surface area contributed by atoms with E-state index in [1.54, 1.807) is 0 Å². The lowest BCUT2D eigenvalue weighted by molar-refractivity contribution is -0.0764. The lowest BCUT2D eigenvalue weighted by atomic mass is 10.0. The molecule has 26 heavy (non-hydrogen) atoms. The van der Waals surface area contributed by atoms with Crippen LogP contribution in [0.4, 0.5) is 0 Å². The fourth-order valence-electron chi connectivity index (χ4n) is 3.63. The molecule has 0 amide bonds. The zero-order valence-corrected chi connectivity index (χ0v) is 17.3. The van der Waals surface area contributed by atoms with E-state index in [1.807, 2.05) is 19.1 Å². The smallest absolute Gasteiger partial charge is 0.230 e. The lowest BCUT2D eigenvalue weighted by Crippen LogP contribution is -2.47. The van der Waals surface area contributed by atoms with Crippen molar-refractivity contribution in [3.8, 4) is 5.88 Å². The number of fused-ring (bicyclic) bond motifs is 1. The summed E-state index contributed by atoms with van der Waals surface area (Å²) in [5, 5.41) is 15.2. The second-order valence-corrected chi connectivity index (χ2v) is 8.73. The molecule has 6 nitrogen and oxygen atoms in total. The van der Waals surface area contributed by atoms with Crippen molar-refractivity contribution in [2.24, 2.45) is 0 Å². The maximum Gasteiger partial charge on any atom is 0.230 e. The number of rotatable bonds is 3. The number of aryl methyl sites for hydroxylation is 1. The van der Waals surface area contributed by atoms with Gasteiger partial charge in [-0.25, -0.2) is 4.98 Å². The third-order valence-electron chi connectivity index (χ3n) is 4.55. The maximum atomic E-state index is 10.9. The molecule has 0 spiro atoms. The fraction of sp³-hybridized carbons (Fsp3) is 0.444. The van der Waals surface area contributed by atoms with E-state index < -0.39 is 0 Å². The van der Waals surface area contributed by atoms with Gasteiger partial charge < -0.3 is 9.84 Å². The number of aromatic nitrogens is 3. The third-order valence-corrected chi connectivity index (χ3v) is 6.15. The van der Waals surface area contributed by atoms with E-state index >= 15 is 0 Å². The first-order valence-corrected chi connectivity index (χ1v) is 10.2. The van der Waals surface area contributed by atoms with Gasteiger partial charge in [-0.2, -0.15) is 4.52 Å². The highest BCUT2D eigenvalue weighted by Gasteiger charge is 2.34. The van der Waals surface area contributed by atoms with Gasteiger partial charge in [-0.15, -0.1) is 5.10 Å². The van der Waals surface area contributed by atoms with Gasteiger partial charge in [-0.3, -0.25) is 4.90 Å². The average molecular weight is 437 g/mol. The summed E-state index contributed by atoms with van der Waals surface area (Å²) in [5.41, 5.74) is 1.13. The highest BCUT2D eigenvalue weighted by molar-refractivity contribution is 9.10. The highest BCUT2D eigenvalue weighted by atomic mass is 79.9. The van der Waals surface area contributed by atoms with Crippen molar-refractivity contribution in [1.29, 1.82) is 0 Å². The summed E-state index contributed by atoms with van der Waals surface area (Å²) in [4.78, 5) is 8.37. The molecule has 1 aromatic carbocycles. The van der Waals surface area contributed by atoms with Crippen LogP contribution in [0.15, 0.2) is 28.7 Å². The standard InChI is InChI=1S/C18H21BrN4O2S/c1-10-8-22(9-11(2)25-10)15(13-4-6-14(19)7-5-13)16-17(24)23-18(26-16)20-12(3)21-23/h4-7,10-11,15,24H,8-9H2,1-3H3/t10-,11-,15-/m0/s1. The molecular formula is C18H21BrN4O2S. The molecule has 3 atom stereocenters. The van der Waals surface area contributed by atoms with Crippen LogP contribution >= 0.6 is 27.3 Å². The average Bonchev–Trinajstić information content (AvgIpc) is 3.07. The Bertz CT molecular complexity index is 913. The zero-order chi connectivity index (χ0) is 18.4. The van der Waals surface area contributed by atoms with Crippen molar-refractivity contribution in [3.05, 3.63) is 45.0 Å². The first-order valence-electron chi connectivity index (χ1n) is 8.62. The first-order chi connectivity index (χ1) is 12.4. The Labute approximate surface area is 164 Å². The number of aromatic hydroxyl groups is 1. The van der Waals surface area contributed by atoms with E-state index in [0.717, 1.165) is 28.0 Å². The molecule has 0 bridgehead atoms. The van der Waals surface area contributed by atoms with Crippen LogP contribution in [-0.2, 0) is 4.74 Å². The number of ether oxygens (including phenoxy) is 1. The lowest BCUT2D eigenvalue weighted by Gasteiger charge is -2.40. The molecule has 1 saturated heterocycles. The summed E-state index contributed by atoms with van der Waals surface area (Å²) in [6, 6.07) is 8.20. The first kappa shape index (κ1) is 17.9. The topological polar surface area (TPSA) is 62.9 Å². The summed E-state index contributed by atoms with van der Waals surface area (Å²) in [6.07, 6.45) is 0.284. The van der Waals surface area contributed by atoms with Crippen molar-refractivity contribution in [3.63, 3.8) is 0 Å². The molecule has 2 aromatic heterocycles. The van der Waals surface area contributed by atoms with E-state index in [0.29, 0.717) is 10.8 Å². The Morgan fingerprint density at radius 3 is 2.50 bits per heavy atom. The molecule has 1 aliphatic rings. The number of thiazole rings is 1. The molecule has 0 unspecified atom stereocenters. The van der Waals surface area contributed by atoms with Crippen molar-refractivity contribution in [2.75, 3.05) is 13.1 Å². The Balaban J connectivity index is 1.82. The minimum atomic E-state index is -0.0642. The zero-order valence-electron chi connectivity index (χ0n) is 14.9. The van der Waals surface area contributed by atoms with Gasteiger partial charge >= 0.3 is 0 Å². The second kappa shape index (κ2) is 6.92. The van der Waals surface area contributed by atoms with Crippen LogP contribution in [-0.4, -0.2) is 49.9 Å². The number of morpholine rings is 1. The quantitative estimate of drug-likeness (QED) is 0.676. The number of hydrogen-bond donors (Lipinski definition) is 1. The van der Waals surface area contributed by atoms with Gasteiger partial charge in [0.2, 0.25) is 10.8 Å². The molecule has 1 fully saturated rings. The van der Waals surface area contributed by atoms with Crippen molar-refractivity contribution >= 4 is 32.2 Å². The Hall–Kier alpha value is -1.48. The van der Waals surface area contributed by atoms with Gasteiger partial charge in [0.15, 0.2) is 0 Å². The maximum absolute atomic E-state index is 10.9. The second-order valence-electron chi connectivity index (χ2n) is 6.81. The van der Waals surface area contributed by atoms with Crippen LogP contribution in [0.3, 0.4) is 0 Å². The van der Waals surface area contributed by atoms with Gasteiger partial charge in [-0.05, 0) is 38.5 Å². The van der Waals surface area contributed by atoms with Crippen LogP contribution in [0.1, 0.15) is 36.2 Å². The van der Waals surface area contributed by atoms with Crippen LogP contribution in [0.5, 0.6) is 5.88 Å². The van der Waals surface area contributed by atoms with Gasteiger partial charge in [0.05, 0.1) is 23.1 Å². The summed E-state index contributed by atoms with van der Waals surface area (Å²) < 4.78 is 8.48. The van der Waals surface area contributed by atoms with Gasteiger partial charge in [0.1, 0.15) is 5.82 Å². The monoisotopic (exact) mass is 436 g/mol. The van der Waals surface area contributed by atoms with E-state index in [-0.39, 0.29) is 24.1 Å². The molecule has 0 saturated carbocycles. The molecular weight excluding hydrogens is 416 g/mol. The minimum Gasteiger partial charge on any atom is -0.492 e. The van der Waals surface area contributed by atoms with Crippen molar-refractivity contribution in [2.45, 2.75) is 39.0 Å². The molecule has 1 aliphatic heterocycles. The predicted octanol–water partition coefficient (Wildman–Crippen LogP) is 3.77. The Kier molecular flexibility index (Phi) is 4.77. The van der Waals surface area contributed by atoms with E-state index in [1.165, 1.54) is 15.9 Å². The van der Waals surface area contributed by atoms with Crippen molar-refractivity contribution in [1.82, 2.24) is 19.5 Å². The summed E-state index contributed by atoms with van der Waals surface area (Å²) >= 11 is 5.00. The third kappa shape index (κ3) is 3.26. The summed E-state index contributed by atoms with van der Waals surface area (Å²) in [5.74, 6) is 0.831. The normalized spacial score (nSPS) is 22.8. The molecule has 3 aromatic rings. The molecule has 0 aliphatic carbocycles. The SMILES string of the molecule is Cc1nc2sc([C@H](c3ccc(Br)cc3)N3C[C@H](C)O[C@@H](C)C3)c(O)n2n1. The van der Waals surface area contributed by atoms with E-state index in [9.17, 15) is 5.11 Å². The Morgan fingerprint density at radius 1 is 1.23 bits per heavy atom. The molecule has 3 heterocycles. The fourth-order valence-corrected chi connectivity index (χ4v) is 5.05. The number of halogens is 1. The highest BCUT2D eigenvalue weighted by Crippen LogP contribution is 2.41. The number of hydrogen-bond acceptors (Lipinski definition) is 6. The molecule has 8 heteroatoms. The van der Waals surface area contributed by atoms with Crippen LogP contribution in [0.2, 0.25) is 0 Å². The molecule has 138 valence electrons. The van der Waals surface area contributed by atoms with Gasteiger partial charge in [-0.1, -0.05) is 39.4 Å². The minimum absolute atomic E-state index is 0.0642. The van der Waals surface area contributed by atoms with Gasteiger partial charge in [0.25, 0.3) is 0 Å². The van der Waals surface area contributed by atoms with E-state index in [2.05, 4.69) is 56.9 Å².